The van der Waals surface area contributed by atoms with E-state index < -0.39 is 5.60 Å². The van der Waals surface area contributed by atoms with E-state index in [1.54, 1.807) is 5.57 Å². The van der Waals surface area contributed by atoms with Gasteiger partial charge in [-0.2, -0.15) is 0 Å². The summed E-state index contributed by atoms with van der Waals surface area (Å²) in [5.41, 5.74) is 1.18. The van der Waals surface area contributed by atoms with Crippen molar-refractivity contribution in [3.8, 4) is 0 Å². The molecule has 0 amide bonds. The highest BCUT2D eigenvalue weighted by molar-refractivity contribution is 5.34. The highest BCUT2D eigenvalue weighted by Crippen LogP contribution is 2.73. The van der Waals surface area contributed by atoms with Crippen LogP contribution in [0.4, 0.5) is 0 Å². The minimum Gasteiger partial charge on any atom is -0.393 e. The maximum Gasteiger partial charge on any atom is 0.116 e. The molecule has 3 N–H and O–H groups in total. The fraction of sp³-hybridized carbons (Fsp3) is 0.867. The summed E-state index contributed by atoms with van der Waals surface area (Å²) in [4.78, 5) is 4.56. The van der Waals surface area contributed by atoms with Crippen LogP contribution in [0.2, 0.25) is 0 Å². The SMILES string of the molecule is C[C@@H](C/C=C/C(C)(C)OO)[C@@H]1[C@@H](O)C[C@]2(C)C3=CC[C@H]4C(C)(C)[C@@H](O)CC[C@]4(C)[C@H]3CC[C@@]12C. The number of hydrogen-bond donors (Lipinski definition) is 3. The molecule has 0 aromatic rings. The van der Waals surface area contributed by atoms with Gasteiger partial charge in [0.15, 0.2) is 0 Å². The second kappa shape index (κ2) is 8.43. The molecule has 4 heteroatoms. The Balaban J connectivity index is 1.64. The molecule has 34 heavy (non-hydrogen) atoms. The zero-order chi connectivity index (χ0) is 25.3. The molecule has 0 aromatic carbocycles. The molecule has 0 bridgehead atoms. The van der Waals surface area contributed by atoms with Gasteiger partial charge in [-0.15, -0.1) is 0 Å². The quantitative estimate of drug-likeness (QED) is 0.233. The first-order chi connectivity index (χ1) is 15.6. The van der Waals surface area contributed by atoms with Crippen molar-refractivity contribution in [1.82, 2.24) is 0 Å². The first-order valence-electron chi connectivity index (χ1n) is 13.7. The molecule has 4 aliphatic carbocycles. The molecule has 0 aromatic heterocycles. The molecular formula is C30H50O4. The summed E-state index contributed by atoms with van der Waals surface area (Å²) in [5, 5.41) is 31.4. The summed E-state index contributed by atoms with van der Waals surface area (Å²) in [5.74, 6) is 1.66. The smallest absolute Gasteiger partial charge is 0.116 e. The molecule has 0 saturated heterocycles. The Morgan fingerprint density at radius 3 is 2.44 bits per heavy atom. The third-order valence-corrected chi connectivity index (χ3v) is 11.7. The van der Waals surface area contributed by atoms with Gasteiger partial charge in [-0.1, -0.05) is 65.3 Å². The van der Waals surface area contributed by atoms with Crippen molar-refractivity contribution >= 4 is 0 Å². The van der Waals surface area contributed by atoms with E-state index >= 15 is 0 Å². The molecule has 0 heterocycles. The largest absolute Gasteiger partial charge is 0.393 e. The van der Waals surface area contributed by atoms with Gasteiger partial charge in [0.2, 0.25) is 0 Å². The molecule has 0 unspecified atom stereocenters. The van der Waals surface area contributed by atoms with Crippen molar-refractivity contribution in [2.75, 3.05) is 0 Å². The van der Waals surface area contributed by atoms with Gasteiger partial charge in [0, 0.05) is 0 Å². The second-order valence-electron chi connectivity index (χ2n) is 14.3. The molecule has 194 valence electrons. The van der Waals surface area contributed by atoms with Crippen LogP contribution in [-0.4, -0.2) is 33.3 Å². The van der Waals surface area contributed by atoms with Crippen molar-refractivity contribution in [3.05, 3.63) is 23.8 Å². The molecule has 3 saturated carbocycles. The lowest BCUT2D eigenvalue weighted by atomic mass is 9.41. The van der Waals surface area contributed by atoms with Gasteiger partial charge in [0.05, 0.1) is 12.2 Å². The van der Waals surface area contributed by atoms with E-state index in [1.807, 2.05) is 19.9 Å². The number of aliphatic hydroxyl groups is 2. The van der Waals surface area contributed by atoms with E-state index in [2.05, 4.69) is 58.6 Å². The Morgan fingerprint density at radius 2 is 1.79 bits per heavy atom. The average molecular weight is 475 g/mol. The Hall–Kier alpha value is -0.680. The Bertz CT molecular complexity index is 843. The molecule has 0 spiro atoms. The minimum absolute atomic E-state index is 0.0135. The van der Waals surface area contributed by atoms with Crippen LogP contribution in [-0.2, 0) is 4.89 Å². The standard InChI is InChI=1S/C30H50O4/c1-19(10-9-15-26(2,3)34-33)25-22(31)18-30(8)21-11-12-23-27(4,5)24(32)14-16-28(23,6)20(21)13-17-29(25,30)7/h9,11,15,19-20,22-25,31-33H,10,12-14,16-18H2,1-8H3/b15-9+/t19-,20-,22-,23-,24-,25+,28+,29-,30+/m0/s1. The van der Waals surface area contributed by atoms with Crippen LogP contribution < -0.4 is 0 Å². The third-order valence-electron chi connectivity index (χ3n) is 11.7. The predicted molar refractivity (Wildman–Crippen MR) is 137 cm³/mol. The second-order valence-corrected chi connectivity index (χ2v) is 14.3. The van der Waals surface area contributed by atoms with Gasteiger partial charge in [0.1, 0.15) is 5.60 Å². The van der Waals surface area contributed by atoms with Crippen LogP contribution in [0.3, 0.4) is 0 Å². The lowest BCUT2D eigenvalue weighted by molar-refractivity contribution is -0.297. The normalized spacial score (nSPS) is 47.0. The zero-order valence-corrected chi connectivity index (χ0v) is 22.9. The van der Waals surface area contributed by atoms with Gasteiger partial charge in [-0.05, 0) is 104 Å². The van der Waals surface area contributed by atoms with Crippen LogP contribution in [0.5, 0.6) is 0 Å². The van der Waals surface area contributed by atoms with Gasteiger partial charge in [-0.3, -0.25) is 5.26 Å². The van der Waals surface area contributed by atoms with Gasteiger partial charge < -0.3 is 10.2 Å². The van der Waals surface area contributed by atoms with Crippen molar-refractivity contribution in [1.29, 1.82) is 0 Å². The van der Waals surface area contributed by atoms with Gasteiger partial charge in [0.25, 0.3) is 0 Å². The number of allylic oxidation sites excluding steroid dienone is 3. The Kier molecular flexibility index (Phi) is 6.54. The summed E-state index contributed by atoms with van der Waals surface area (Å²) < 4.78 is 0. The topological polar surface area (TPSA) is 69.9 Å². The summed E-state index contributed by atoms with van der Waals surface area (Å²) in [6, 6.07) is 0. The average Bonchev–Trinajstić information content (AvgIpc) is 2.96. The van der Waals surface area contributed by atoms with Crippen molar-refractivity contribution < 1.29 is 20.4 Å². The summed E-state index contributed by atoms with van der Waals surface area (Å²) in [7, 11) is 0. The number of hydrogen-bond acceptors (Lipinski definition) is 4. The summed E-state index contributed by atoms with van der Waals surface area (Å²) >= 11 is 0. The molecule has 9 atom stereocenters. The van der Waals surface area contributed by atoms with Crippen LogP contribution in [0.15, 0.2) is 23.8 Å². The van der Waals surface area contributed by atoms with E-state index in [0.29, 0.717) is 17.8 Å². The predicted octanol–water partition coefficient (Wildman–Crippen LogP) is 6.77. The van der Waals surface area contributed by atoms with Crippen molar-refractivity contribution in [3.63, 3.8) is 0 Å². The van der Waals surface area contributed by atoms with E-state index in [9.17, 15) is 10.2 Å². The molecule has 4 nitrogen and oxygen atoms in total. The Morgan fingerprint density at radius 1 is 1.12 bits per heavy atom. The Labute approximate surface area is 207 Å². The summed E-state index contributed by atoms with van der Waals surface area (Å²) in [6.45, 7) is 17.9. The van der Waals surface area contributed by atoms with E-state index in [1.165, 1.54) is 6.42 Å². The first kappa shape index (κ1) is 26.4. The molecule has 3 fully saturated rings. The lowest BCUT2D eigenvalue weighted by Crippen LogP contribution is -2.58. The zero-order valence-electron chi connectivity index (χ0n) is 22.9. The number of fused-ring (bicyclic) bond motifs is 5. The highest BCUT2D eigenvalue weighted by atomic mass is 17.1. The fourth-order valence-electron chi connectivity index (χ4n) is 9.56. The van der Waals surface area contributed by atoms with Crippen molar-refractivity contribution in [2.24, 2.45) is 45.3 Å². The van der Waals surface area contributed by atoms with Crippen LogP contribution >= 0.6 is 0 Å². The van der Waals surface area contributed by atoms with Crippen LogP contribution in [0.25, 0.3) is 0 Å². The van der Waals surface area contributed by atoms with Gasteiger partial charge in [-0.25, -0.2) is 4.89 Å². The summed E-state index contributed by atoms with van der Waals surface area (Å²) in [6.07, 6.45) is 13.2. The van der Waals surface area contributed by atoms with Crippen molar-refractivity contribution in [2.45, 2.75) is 118 Å². The van der Waals surface area contributed by atoms with E-state index in [0.717, 1.165) is 38.5 Å². The van der Waals surface area contributed by atoms with Crippen LogP contribution in [0.1, 0.15) is 100 Å². The van der Waals surface area contributed by atoms with Crippen LogP contribution in [0, 0.1) is 45.3 Å². The molecule has 0 radical (unpaired) electrons. The maximum absolute atomic E-state index is 11.5. The molecular weight excluding hydrogens is 424 g/mol. The first-order valence-corrected chi connectivity index (χ1v) is 13.7. The highest BCUT2D eigenvalue weighted by Gasteiger charge is 2.67. The fourth-order valence-corrected chi connectivity index (χ4v) is 9.56. The van der Waals surface area contributed by atoms with E-state index in [4.69, 9.17) is 5.26 Å². The van der Waals surface area contributed by atoms with E-state index in [-0.39, 0.29) is 39.8 Å². The minimum atomic E-state index is -0.690. The number of rotatable bonds is 5. The molecule has 4 aliphatic rings. The van der Waals surface area contributed by atoms with Gasteiger partial charge >= 0.3 is 0 Å². The lowest BCUT2D eigenvalue weighted by Gasteiger charge is -2.64. The molecule has 4 rings (SSSR count). The third kappa shape index (κ3) is 3.69. The maximum atomic E-state index is 11.5. The number of aliphatic hydroxyl groups excluding tert-OH is 2. The molecule has 0 aliphatic heterocycles. The monoisotopic (exact) mass is 474 g/mol.